The van der Waals surface area contributed by atoms with Gasteiger partial charge in [-0.2, -0.15) is 0 Å². The standard InChI is InChI=1S/C14H16N2O/c1-8-5-9(2)10-3-4-11(12(10)6-8)14-13(15)7-17-16-14/h5-7,11H,3-4,15H2,1-2H3. The number of fused-ring (bicyclic) bond motifs is 1. The summed E-state index contributed by atoms with van der Waals surface area (Å²) in [4.78, 5) is 0. The maximum Gasteiger partial charge on any atom is 0.147 e. The van der Waals surface area contributed by atoms with Gasteiger partial charge in [-0.05, 0) is 43.4 Å². The fourth-order valence-electron chi connectivity index (χ4n) is 2.93. The van der Waals surface area contributed by atoms with E-state index in [9.17, 15) is 0 Å². The fraction of sp³-hybridized carbons (Fsp3) is 0.357. The molecule has 1 aromatic carbocycles. The van der Waals surface area contributed by atoms with Crippen LogP contribution in [0, 0.1) is 13.8 Å². The quantitative estimate of drug-likeness (QED) is 0.816. The molecule has 3 heteroatoms. The summed E-state index contributed by atoms with van der Waals surface area (Å²) >= 11 is 0. The Kier molecular flexibility index (Phi) is 2.21. The van der Waals surface area contributed by atoms with E-state index < -0.39 is 0 Å². The molecule has 0 spiro atoms. The molecular formula is C14H16N2O. The molecule has 0 saturated carbocycles. The molecule has 1 heterocycles. The number of aromatic nitrogens is 1. The maximum absolute atomic E-state index is 5.90. The Morgan fingerprint density at radius 2 is 2.18 bits per heavy atom. The lowest BCUT2D eigenvalue weighted by molar-refractivity contribution is 0.408. The van der Waals surface area contributed by atoms with E-state index in [2.05, 4.69) is 31.1 Å². The SMILES string of the molecule is Cc1cc(C)c2c(c1)C(c1nocc1N)CC2. The van der Waals surface area contributed by atoms with Crippen molar-refractivity contribution in [2.45, 2.75) is 32.6 Å². The lowest BCUT2D eigenvalue weighted by Crippen LogP contribution is -2.01. The highest BCUT2D eigenvalue weighted by molar-refractivity contribution is 5.52. The molecule has 1 aliphatic carbocycles. The van der Waals surface area contributed by atoms with Crippen molar-refractivity contribution in [3.63, 3.8) is 0 Å². The third-order valence-corrected chi connectivity index (χ3v) is 3.67. The Labute approximate surface area is 101 Å². The summed E-state index contributed by atoms with van der Waals surface area (Å²) in [6.07, 6.45) is 3.71. The van der Waals surface area contributed by atoms with Gasteiger partial charge in [0, 0.05) is 5.92 Å². The Morgan fingerprint density at radius 3 is 2.88 bits per heavy atom. The van der Waals surface area contributed by atoms with Crippen LogP contribution in [0.2, 0.25) is 0 Å². The van der Waals surface area contributed by atoms with Crippen LogP contribution in [0.4, 0.5) is 5.69 Å². The Bertz CT molecular complexity index is 572. The molecule has 0 fully saturated rings. The van der Waals surface area contributed by atoms with Crippen LogP contribution in [-0.4, -0.2) is 5.16 Å². The third kappa shape index (κ3) is 1.54. The molecule has 1 aliphatic rings. The monoisotopic (exact) mass is 228 g/mol. The normalized spacial score (nSPS) is 18.4. The summed E-state index contributed by atoms with van der Waals surface area (Å²) in [6.45, 7) is 4.31. The smallest absolute Gasteiger partial charge is 0.147 e. The minimum absolute atomic E-state index is 0.308. The number of anilines is 1. The van der Waals surface area contributed by atoms with Gasteiger partial charge in [-0.1, -0.05) is 22.9 Å². The predicted octanol–water partition coefficient (Wildman–Crippen LogP) is 2.95. The van der Waals surface area contributed by atoms with Crippen LogP contribution in [0.3, 0.4) is 0 Å². The van der Waals surface area contributed by atoms with Crippen LogP contribution >= 0.6 is 0 Å². The van der Waals surface area contributed by atoms with Crippen molar-refractivity contribution in [3.8, 4) is 0 Å². The fourth-order valence-corrected chi connectivity index (χ4v) is 2.93. The van der Waals surface area contributed by atoms with Gasteiger partial charge in [-0.15, -0.1) is 0 Å². The van der Waals surface area contributed by atoms with Gasteiger partial charge in [-0.25, -0.2) is 0 Å². The van der Waals surface area contributed by atoms with Gasteiger partial charge in [0.05, 0.1) is 5.69 Å². The average Bonchev–Trinajstić information content (AvgIpc) is 2.84. The van der Waals surface area contributed by atoms with E-state index in [0.29, 0.717) is 11.6 Å². The number of benzene rings is 1. The third-order valence-electron chi connectivity index (χ3n) is 3.67. The van der Waals surface area contributed by atoms with E-state index in [4.69, 9.17) is 10.3 Å². The Hall–Kier alpha value is -1.77. The van der Waals surface area contributed by atoms with E-state index in [1.807, 2.05) is 0 Å². The summed E-state index contributed by atoms with van der Waals surface area (Å²) < 4.78 is 4.96. The molecule has 2 N–H and O–H groups in total. The number of nitrogen functional groups attached to an aromatic ring is 1. The van der Waals surface area contributed by atoms with Gasteiger partial charge >= 0.3 is 0 Å². The second-order valence-corrected chi connectivity index (χ2v) is 4.90. The lowest BCUT2D eigenvalue weighted by Gasteiger charge is -2.11. The van der Waals surface area contributed by atoms with Crippen molar-refractivity contribution >= 4 is 5.69 Å². The molecule has 1 atom stereocenters. The van der Waals surface area contributed by atoms with Crippen LogP contribution < -0.4 is 5.73 Å². The van der Waals surface area contributed by atoms with Crippen molar-refractivity contribution in [2.24, 2.45) is 0 Å². The second-order valence-electron chi connectivity index (χ2n) is 4.90. The van der Waals surface area contributed by atoms with Gasteiger partial charge in [0.1, 0.15) is 12.0 Å². The zero-order chi connectivity index (χ0) is 12.0. The highest BCUT2D eigenvalue weighted by Gasteiger charge is 2.29. The maximum atomic E-state index is 5.90. The largest absolute Gasteiger partial charge is 0.395 e. The summed E-state index contributed by atoms with van der Waals surface area (Å²) in [6, 6.07) is 4.50. The molecule has 0 saturated heterocycles. The minimum atomic E-state index is 0.308. The minimum Gasteiger partial charge on any atom is -0.395 e. The molecule has 0 bridgehead atoms. The van der Waals surface area contributed by atoms with E-state index in [0.717, 1.165) is 18.5 Å². The van der Waals surface area contributed by atoms with Crippen molar-refractivity contribution in [3.05, 3.63) is 46.3 Å². The first-order valence-electron chi connectivity index (χ1n) is 5.96. The van der Waals surface area contributed by atoms with Crippen LogP contribution in [0.1, 0.15) is 40.3 Å². The molecule has 1 unspecified atom stereocenters. The van der Waals surface area contributed by atoms with Gasteiger partial charge in [0.25, 0.3) is 0 Å². The summed E-state index contributed by atoms with van der Waals surface area (Å²) in [5.41, 5.74) is 13.0. The Balaban J connectivity index is 2.13. The lowest BCUT2D eigenvalue weighted by atomic mass is 9.94. The number of aryl methyl sites for hydroxylation is 2. The van der Waals surface area contributed by atoms with Gasteiger partial charge in [0.2, 0.25) is 0 Å². The topological polar surface area (TPSA) is 52.0 Å². The molecule has 3 rings (SSSR count). The van der Waals surface area contributed by atoms with E-state index >= 15 is 0 Å². The molecule has 3 nitrogen and oxygen atoms in total. The highest BCUT2D eigenvalue weighted by Crippen LogP contribution is 2.41. The van der Waals surface area contributed by atoms with Gasteiger partial charge in [-0.3, -0.25) is 0 Å². The van der Waals surface area contributed by atoms with Crippen LogP contribution in [0.25, 0.3) is 0 Å². The molecule has 1 aromatic heterocycles. The summed E-state index contributed by atoms with van der Waals surface area (Å²) in [5, 5.41) is 4.06. The van der Waals surface area contributed by atoms with E-state index in [-0.39, 0.29) is 0 Å². The van der Waals surface area contributed by atoms with Crippen molar-refractivity contribution < 1.29 is 4.52 Å². The number of nitrogens with zero attached hydrogens (tertiary/aromatic N) is 1. The first-order valence-corrected chi connectivity index (χ1v) is 5.96. The zero-order valence-corrected chi connectivity index (χ0v) is 10.2. The molecule has 0 aliphatic heterocycles. The number of nitrogens with two attached hydrogens (primary N) is 1. The average molecular weight is 228 g/mol. The van der Waals surface area contributed by atoms with Crippen molar-refractivity contribution in [2.75, 3.05) is 5.73 Å². The molecule has 0 radical (unpaired) electrons. The van der Waals surface area contributed by atoms with Crippen molar-refractivity contribution in [1.82, 2.24) is 5.16 Å². The number of hydrogen-bond acceptors (Lipinski definition) is 3. The first-order chi connectivity index (χ1) is 8.16. The molecular weight excluding hydrogens is 212 g/mol. The van der Waals surface area contributed by atoms with Gasteiger partial charge < -0.3 is 10.3 Å². The number of hydrogen-bond donors (Lipinski definition) is 1. The molecule has 0 amide bonds. The van der Waals surface area contributed by atoms with Crippen LogP contribution in [-0.2, 0) is 6.42 Å². The molecule has 2 aromatic rings. The molecule has 88 valence electrons. The Morgan fingerprint density at radius 1 is 1.35 bits per heavy atom. The summed E-state index contributed by atoms with van der Waals surface area (Å²) in [5.74, 6) is 0.308. The molecule has 17 heavy (non-hydrogen) atoms. The van der Waals surface area contributed by atoms with Crippen LogP contribution in [0.15, 0.2) is 22.9 Å². The zero-order valence-electron chi connectivity index (χ0n) is 10.2. The van der Waals surface area contributed by atoms with Gasteiger partial charge in [0.15, 0.2) is 0 Å². The van der Waals surface area contributed by atoms with E-state index in [1.165, 1.54) is 28.5 Å². The second kappa shape index (κ2) is 3.62. The number of rotatable bonds is 1. The highest BCUT2D eigenvalue weighted by atomic mass is 16.5. The van der Waals surface area contributed by atoms with Crippen molar-refractivity contribution in [1.29, 1.82) is 0 Å². The predicted molar refractivity (Wildman–Crippen MR) is 67.0 cm³/mol. The van der Waals surface area contributed by atoms with Crippen LogP contribution in [0.5, 0.6) is 0 Å². The van der Waals surface area contributed by atoms with E-state index in [1.54, 1.807) is 0 Å². The summed E-state index contributed by atoms with van der Waals surface area (Å²) in [7, 11) is 0. The first kappa shape index (κ1) is 10.4.